The van der Waals surface area contributed by atoms with Gasteiger partial charge in [0.05, 0.1) is 5.69 Å². The molecule has 0 spiro atoms. The molecule has 1 aliphatic rings. The maximum Gasteiger partial charge on any atom is 0.411 e. The topological polar surface area (TPSA) is 146 Å². The minimum atomic E-state index is -1.11. The summed E-state index contributed by atoms with van der Waals surface area (Å²) in [4.78, 5) is 45.3. The predicted octanol–water partition coefficient (Wildman–Crippen LogP) is 4.26. The molecule has 41 heavy (non-hydrogen) atoms. The second-order valence-electron chi connectivity index (χ2n) is 9.02. The third-order valence-corrected chi connectivity index (χ3v) is 6.95. The summed E-state index contributed by atoms with van der Waals surface area (Å²) in [5, 5.41) is 24.0. The lowest BCUT2D eigenvalue weighted by atomic mass is 9.95. The molecule has 1 atom stereocenters. The van der Waals surface area contributed by atoms with E-state index in [4.69, 9.17) is 23.2 Å². The molecule has 0 saturated carbocycles. The molecule has 1 unspecified atom stereocenters. The van der Waals surface area contributed by atoms with Gasteiger partial charge in [-0.05, 0) is 65.0 Å². The maximum absolute atomic E-state index is 13.6. The summed E-state index contributed by atoms with van der Waals surface area (Å²) in [6.45, 7) is 0.222. The number of anilines is 2. The molecule has 0 aliphatic carbocycles. The first-order chi connectivity index (χ1) is 19.7. The van der Waals surface area contributed by atoms with Gasteiger partial charge >= 0.3 is 6.09 Å². The molecular weight excluding hydrogens is 571 g/mol. The number of nitrogens with one attached hydrogen (secondary N) is 1. The van der Waals surface area contributed by atoms with Gasteiger partial charge in [0.25, 0.3) is 5.91 Å². The van der Waals surface area contributed by atoms with E-state index < -0.39 is 23.9 Å². The minimum absolute atomic E-state index is 0.222. The highest BCUT2D eigenvalue weighted by molar-refractivity contribution is 6.30. The Balaban J connectivity index is 1.43. The highest BCUT2D eigenvalue weighted by Crippen LogP contribution is 2.32. The van der Waals surface area contributed by atoms with E-state index >= 15 is 0 Å². The first-order valence-electron chi connectivity index (χ1n) is 12.3. The van der Waals surface area contributed by atoms with Crippen LogP contribution < -0.4 is 10.2 Å². The van der Waals surface area contributed by atoms with E-state index in [9.17, 15) is 19.5 Å². The molecule has 12 nitrogen and oxygen atoms in total. The van der Waals surface area contributed by atoms with Gasteiger partial charge in [-0.2, -0.15) is 4.68 Å². The fourth-order valence-electron chi connectivity index (χ4n) is 4.46. The van der Waals surface area contributed by atoms with Crippen molar-refractivity contribution >= 4 is 58.6 Å². The van der Waals surface area contributed by atoms with E-state index in [0.717, 1.165) is 4.90 Å². The van der Waals surface area contributed by atoms with Crippen LogP contribution in [0.5, 0.6) is 0 Å². The Morgan fingerprint density at radius 3 is 2.59 bits per heavy atom. The van der Waals surface area contributed by atoms with Gasteiger partial charge in [-0.3, -0.25) is 14.5 Å². The van der Waals surface area contributed by atoms with Crippen molar-refractivity contribution in [3.05, 3.63) is 94.0 Å². The van der Waals surface area contributed by atoms with Gasteiger partial charge in [-0.1, -0.05) is 29.3 Å². The summed E-state index contributed by atoms with van der Waals surface area (Å²) in [7, 11) is 1.42. The summed E-state index contributed by atoms with van der Waals surface area (Å²) >= 11 is 12.3. The first kappa shape index (κ1) is 27.7. The van der Waals surface area contributed by atoms with E-state index in [1.54, 1.807) is 60.7 Å². The van der Waals surface area contributed by atoms with Crippen LogP contribution in [0, 0.1) is 0 Å². The molecule has 1 aliphatic heterocycles. The van der Waals surface area contributed by atoms with Gasteiger partial charge in [-0.15, -0.1) is 5.10 Å². The van der Waals surface area contributed by atoms with Gasteiger partial charge in [0, 0.05) is 59.3 Å². The van der Waals surface area contributed by atoms with Gasteiger partial charge in [0.15, 0.2) is 0 Å². The largest absolute Gasteiger partial charge is 0.465 e. The van der Waals surface area contributed by atoms with Crippen molar-refractivity contribution in [3.63, 3.8) is 0 Å². The molecule has 0 fully saturated rings. The summed E-state index contributed by atoms with van der Waals surface area (Å²) < 4.78 is 1.45. The Kier molecular flexibility index (Phi) is 7.95. The molecule has 2 aromatic carbocycles. The number of nitrogens with zero attached hydrogens (tertiary/aromatic N) is 7. The summed E-state index contributed by atoms with van der Waals surface area (Å²) in [6.07, 6.45) is 3.67. The van der Waals surface area contributed by atoms with Crippen LogP contribution in [-0.2, 0) is 16.0 Å². The number of rotatable bonds is 6. The molecule has 3 heterocycles. The van der Waals surface area contributed by atoms with Crippen LogP contribution in [0.1, 0.15) is 22.9 Å². The Morgan fingerprint density at radius 2 is 1.88 bits per heavy atom. The number of hydrogen-bond donors (Lipinski definition) is 2. The molecule has 5 rings (SSSR count). The Bertz CT molecular complexity index is 1640. The van der Waals surface area contributed by atoms with E-state index in [2.05, 4.69) is 25.8 Å². The highest BCUT2D eigenvalue weighted by Gasteiger charge is 2.36. The fourth-order valence-corrected chi connectivity index (χ4v) is 4.81. The SMILES string of the molecule is CN(C(=O)O)c1ccc(NC(=O)C2c3ccc(Cl)nc3CCN2C(=O)/C=C/c2cc(Cl)ccc2-n2cnnn2)cc1. The number of pyridine rings is 1. The molecule has 0 saturated heterocycles. The lowest BCUT2D eigenvalue weighted by Gasteiger charge is -2.35. The Morgan fingerprint density at radius 1 is 1.10 bits per heavy atom. The van der Waals surface area contributed by atoms with Crippen molar-refractivity contribution in [3.8, 4) is 5.69 Å². The van der Waals surface area contributed by atoms with E-state index in [1.807, 2.05) is 0 Å². The zero-order valence-corrected chi connectivity index (χ0v) is 23.0. The molecule has 2 N–H and O–H groups in total. The number of carboxylic acid groups (broad SMARTS) is 1. The lowest BCUT2D eigenvalue weighted by Crippen LogP contribution is -2.45. The number of benzene rings is 2. The average Bonchev–Trinajstić information content (AvgIpc) is 3.50. The lowest BCUT2D eigenvalue weighted by molar-refractivity contribution is -0.135. The monoisotopic (exact) mass is 592 g/mol. The smallest absolute Gasteiger partial charge is 0.411 e. The highest BCUT2D eigenvalue weighted by atomic mass is 35.5. The number of hydrogen-bond acceptors (Lipinski definition) is 7. The molecule has 208 valence electrons. The second-order valence-corrected chi connectivity index (χ2v) is 9.85. The van der Waals surface area contributed by atoms with Crippen LogP contribution in [0.3, 0.4) is 0 Å². The van der Waals surface area contributed by atoms with Crippen molar-refractivity contribution in [2.75, 3.05) is 23.8 Å². The van der Waals surface area contributed by atoms with Gasteiger partial charge in [0.1, 0.15) is 17.5 Å². The molecule has 3 amide bonds. The van der Waals surface area contributed by atoms with Crippen molar-refractivity contribution in [1.82, 2.24) is 30.1 Å². The van der Waals surface area contributed by atoms with Crippen LogP contribution in [0.4, 0.5) is 16.2 Å². The molecule has 14 heteroatoms. The Labute approximate surface area is 243 Å². The van der Waals surface area contributed by atoms with Crippen LogP contribution in [0.2, 0.25) is 10.2 Å². The number of halogens is 2. The summed E-state index contributed by atoms with van der Waals surface area (Å²) in [5.41, 5.74) is 3.24. The summed E-state index contributed by atoms with van der Waals surface area (Å²) in [5.74, 6) is -0.875. The molecule has 2 aromatic heterocycles. The van der Waals surface area contributed by atoms with Crippen molar-refractivity contribution < 1.29 is 19.5 Å². The van der Waals surface area contributed by atoms with Crippen LogP contribution in [-0.4, -0.2) is 66.7 Å². The van der Waals surface area contributed by atoms with Crippen LogP contribution >= 0.6 is 23.2 Å². The number of carbonyl (C=O) groups excluding carboxylic acids is 2. The second kappa shape index (κ2) is 11.7. The van der Waals surface area contributed by atoms with Crippen LogP contribution in [0.15, 0.2) is 67.0 Å². The van der Waals surface area contributed by atoms with Crippen molar-refractivity contribution in [1.29, 1.82) is 0 Å². The summed E-state index contributed by atoms with van der Waals surface area (Å²) in [6, 6.07) is 13.7. The van der Waals surface area contributed by atoms with Crippen LogP contribution in [0.25, 0.3) is 11.8 Å². The number of fused-ring (bicyclic) bond motifs is 1. The zero-order chi connectivity index (χ0) is 29.1. The standard InChI is InChI=1S/C27H22Cl2N8O4/c1-35(27(40)41)19-6-4-18(5-7-19)31-26(39)25-20-8-10-23(29)32-21(20)12-13-36(25)24(38)11-2-16-14-17(28)3-9-22(16)37-15-30-33-34-37/h2-11,14-15,25H,12-13H2,1H3,(H,31,39)(H,40,41)/b11-2+. The first-order valence-corrected chi connectivity index (χ1v) is 13.0. The van der Waals surface area contributed by atoms with Gasteiger partial charge in [0.2, 0.25) is 5.91 Å². The number of amides is 3. The predicted molar refractivity (Wildman–Crippen MR) is 152 cm³/mol. The minimum Gasteiger partial charge on any atom is -0.465 e. The van der Waals surface area contributed by atoms with E-state index in [0.29, 0.717) is 45.3 Å². The number of carbonyl (C=O) groups is 3. The molecule has 4 aromatic rings. The number of aromatic nitrogens is 5. The van der Waals surface area contributed by atoms with Crippen molar-refractivity contribution in [2.24, 2.45) is 0 Å². The normalized spacial score (nSPS) is 14.5. The molecule has 0 bridgehead atoms. The van der Waals surface area contributed by atoms with Gasteiger partial charge < -0.3 is 15.3 Å². The van der Waals surface area contributed by atoms with E-state index in [-0.39, 0.29) is 11.7 Å². The fraction of sp³-hybridized carbons (Fsp3) is 0.148. The van der Waals surface area contributed by atoms with E-state index in [1.165, 1.54) is 29.0 Å². The Hall–Kier alpha value is -4.81. The third kappa shape index (κ3) is 6.03. The average molecular weight is 593 g/mol. The molecular formula is C27H22Cl2N8O4. The zero-order valence-electron chi connectivity index (χ0n) is 21.5. The maximum atomic E-state index is 13.6. The molecule has 0 radical (unpaired) electrons. The number of tetrazole rings is 1. The van der Waals surface area contributed by atoms with Gasteiger partial charge in [-0.25, -0.2) is 9.78 Å². The van der Waals surface area contributed by atoms with Crippen molar-refractivity contribution in [2.45, 2.75) is 12.5 Å². The third-order valence-electron chi connectivity index (χ3n) is 6.50. The quantitative estimate of drug-likeness (QED) is 0.249.